The van der Waals surface area contributed by atoms with Crippen LogP contribution in [0.2, 0.25) is 0 Å². The van der Waals surface area contributed by atoms with Crippen LogP contribution in [0.15, 0.2) is 24.3 Å². The van der Waals surface area contributed by atoms with E-state index < -0.39 is 0 Å². The number of nitrogens with one attached hydrogen (secondary N) is 1. The van der Waals surface area contributed by atoms with Crippen molar-refractivity contribution >= 4 is 0 Å². The third-order valence-corrected chi connectivity index (χ3v) is 8.29. The Hall–Kier alpha value is -0.900. The van der Waals surface area contributed by atoms with Gasteiger partial charge in [0.25, 0.3) is 0 Å². The number of hydrogen-bond donors (Lipinski definition) is 2. The van der Waals surface area contributed by atoms with Crippen molar-refractivity contribution in [3.8, 4) is 0 Å². The van der Waals surface area contributed by atoms with Crippen molar-refractivity contribution in [3.05, 3.63) is 35.4 Å². The van der Waals surface area contributed by atoms with E-state index in [4.69, 9.17) is 0 Å². The molecule has 2 N–H and O–H groups in total. The highest BCUT2D eigenvalue weighted by Crippen LogP contribution is 2.45. The zero-order chi connectivity index (χ0) is 18.3. The number of rotatable bonds is 3. The van der Waals surface area contributed by atoms with Crippen LogP contribution in [0.25, 0.3) is 0 Å². The molecule has 2 aliphatic carbocycles. The number of nitrogens with zero attached hydrogens (tertiary/aromatic N) is 1. The summed E-state index contributed by atoms with van der Waals surface area (Å²) in [6, 6.07) is 10.1. The lowest BCUT2D eigenvalue weighted by Gasteiger charge is -2.42. The van der Waals surface area contributed by atoms with Crippen molar-refractivity contribution in [2.45, 2.75) is 81.8 Å². The molecule has 4 aliphatic rings. The van der Waals surface area contributed by atoms with E-state index in [-0.39, 0.29) is 6.10 Å². The fourth-order valence-electron chi connectivity index (χ4n) is 6.51. The van der Waals surface area contributed by atoms with E-state index in [1.54, 1.807) is 11.1 Å². The van der Waals surface area contributed by atoms with E-state index in [2.05, 4.69) is 34.5 Å². The summed E-state index contributed by atoms with van der Waals surface area (Å²) >= 11 is 0. The number of aliphatic hydroxyl groups excluding tert-OH is 1. The summed E-state index contributed by atoms with van der Waals surface area (Å²) in [5.74, 6) is 1.41. The average Bonchev–Trinajstić information content (AvgIpc) is 3.15. The maximum Gasteiger partial charge on any atom is 0.0540 e. The molecule has 1 aromatic carbocycles. The second kappa shape index (κ2) is 7.50. The van der Waals surface area contributed by atoms with Crippen LogP contribution in [-0.2, 0) is 0 Å². The Morgan fingerprint density at radius 1 is 0.852 bits per heavy atom. The van der Waals surface area contributed by atoms with Gasteiger partial charge >= 0.3 is 0 Å². The molecule has 3 nitrogen and oxygen atoms in total. The van der Waals surface area contributed by atoms with Crippen LogP contribution in [-0.4, -0.2) is 48.3 Å². The first-order valence-electron chi connectivity index (χ1n) is 11.4. The number of hydrogen-bond acceptors (Lipinski definition) is 3. The first-order chi connectivity index (χ1) is 13.2. The molecular weight excluding hydrogens is 332 g/mol. The van der Waals surface area contributed by atoms with Crippen LogP contribution in [0.3, 0.4) is 0 Å². The van der Waals surface area contributed by atoms with Gasteiger partial charge in [-0.05, 0) is 99.3 Å². The Morgan fingerprint density at radius 2 is 1.48 bits per heavy atom. The lowest BCUT2D eigenvalue weighted by molar-refractivity contribution is 0.118. The summed E-state index contributed by atoms with van der Waals surface area (Å²) in [5, 5.41) is 13.4. The largest absolute Gasteiger partial charge is 0.393 e. The van der Waals surface area contributed by atoms with Crippen LogP contribution in [0.4, 0.5) is 0 Å². The van der Waals surface area contributed by atoms with Crippen molar-refractivity contribution in [2.24, 2.45) is 5.41 Å². The van der Waals surface area contributed by atoms with Crippen molar-refractivity contribution in [3.63, 3.8) is 0 Å². The summed E-state index contributed by atoms with van der Waals surface area (Å²) in [6.45, 7) is 5.11. The highest BCUT2D eigenvalue weighted by molar-refractivity contribution is 5.34. The Morgan fingerprint density at radius 3 is 2.04 bits per heavy atom. The Balaban J connectivity index is 1.22. The Kier molecular flexibility index (Phi) is 5.04. The first kappa shape index (κ1) is 18.1. The van der Waals surface area contributed by atoms with Crippen molar-refractivity contribution in [2.75, 3.05) is 26.2 Å². The fraction of sp³-hybridized carbons (Fsp3) is 0.750. The minimum Gasteiger partial charge on any atom is -0.393 e. The molecule has 4 fully saturated rings. The lowest BCUT2D eigenvalue weighted by atomic mass is 9.76. The van der Waals surface area contributed by atoms with Crippen LogP contribution >= 0.6 is 0 Å². The quantitative estimate of drug-likeness (QED) is 0.846. The predicted molar refractivity (Wildman–Crippen MR) is 110 cm³/mol. The minimum absolute atomic E-state index is 0.0581. The van der Waals surface area contributed by atoms with Crippen molar-refractivity contribution < 1.29 is 5.11 Å². The molecule has 0 unspecified atom stereocenters. The summed E-state index contributed by atoms with van der Waals surface area (Å²) in [5.41, 5.74) is 3.90. The molecule has 3 heteroatoms. The molecule has 2 saturated heterocycles. The summed E-state index contributed by atoms with van der Waals surface area (Å²) in [6.07, 6.45) is 11.2. The van der Waals surface area contributed by atoms with Crippen molar-refractivity contribution in [1.82, 2.24) is 10.2 Å². The second-order valence-corrected chi connectivity index (χ2v) is 9.94. The van der Waals surface area contributed by atoms with E-state index in [1.807, 2.05) is 0 Å². The van der Waals surface area contributed by atoms with E-state index >= 15 is 0 Å². The molecule has 27 heavy (non-hydrogen) atoms. The molecule has 0 aromatic heterocycles. The van der Waals surface area contributed by atoms with E-state index in [1.165, 1.54) is 58.3 Å². The van der Waals surface area contributed by atoms with Gasteiger partial charge in [0.2, 0.25) is 0 Å². The zero-order valence-electron chi connectivity index (χ0n) is 16.7. The maximum atomic E-state index is 9.87. The maximum absolute atomic E-state index is 9.87. The van der Waals surface area contributed by atoms with E-state index in [0.717, 1.165) is 37.6 Å². The van der Waals surface area contributed by atoms with Gasteiger partial charge in [0.1, 0.15) is 0 Å². The summed E-state index contributed by atoms with van der Waals surface area (Å²) in [7, 11) is 0. The average molecular weight is 369 g/mol. The molecular formula is C24H36N2O. The fourth-order valence-corrected chi connectivity index (χ4v) is 6.51. The van der Waals surface area contributed by atoms with Crippen molar-refractivity contribution in [1.29, 1.82) is 0 Å². The summed E-state index contributed by atoms with van der Waals surface area (Å²) in [4.78, 5) is 2.82. The van der Waals surface area contributed by atoms with Crippen LogP contribution < -0.4 is 5.32 Å². The highest BCUT2D eigenvalue weighted by Gasteiger charge is 2.45. The molecule has 0 radical (unpaired) electrons. The molecule has 1 atom stereocenters. The summed E-state index contributed by atoms with van der Waals surface area (Å²) < 4.78 is 0. The minimum atomic E-state index is -0.0581. The molecule has 5 rings (SSSR count). The van der Waals surface area contributed by atoms with Gasteiger partial charge in [0.15, 0.2) is 0 Å². The number of piperidine rings is 1. The van der Waals surface area contributed by atoms with E-state index in [9.17, 15) is 5.11 Å². The van der Waals surface area contributed by atoms with Gasteiger partial charge in [-0.3, -0.25) is 0 Å². The second-order valence-electron chi connectivity index (χ2n) is 9.94. The predicted octanol–water partition coefficient (Wildman–Crippen LogP) is 4.03. The lowest BCUT2D eigenvalue weighted by Crippen LogP contribution is -2.52. The molecule has 1 aromatic rings. The molecule has 2 saturated carbocycles. The van der Waals surface area contributed by atoms with Gasteiger partial charge in [-0.25, -0.2) is 0 Å². The van der Waals surface area contributed by atoms with Crippen LogP contribution in [0, 0.1) is 5.41 Å². The molecule has 0 bridgehead atoms. The third-order valence-electron chi connectivity index (χ3n) is 8.29. The molecule has 148 valence electrons. The number of aliphatic hydroxyl groups is 1. The molecule has 1 spiro atoms. The first-order valence-corrected chi connectivity index (χ1v) is 11.4. The topological polar surface area (TPSA) is 35.5 Å². The normalized spacial score (nSPS) is 34.6. The molecule has 0 amide bonds. The third kappa shape index (κ3) is 3.59. The van der Waals surface area contributed by atoms with Gasteiger partial charge in [-0.2, -0.15) is 0 Å². The van der Waals surface area contributed by atoms with Gasteiger partial charge in [-0.15, -0.1) is 0 Å². The van der Waals surface area contributed by atoms with Crippen LogP contribution in [0.1, 0.15) is 80.8 Å². The SMILES string of the molecule is OC1CCC(c2ccccc2C2CCN([C@@H]3CCC4(CNC4)C3)CC2)CC1. The molecule has 2 heterocycles. The zero-order valence-corrected chi connectivity index (χ0v) is 16.7. The molecule has 2 aliphatic heterocycles. The highest BCUT2D eigenvalue weighted by atomic mass is 16.3. The standard InChI is InChI=1S/C24H36N2O/c27-21-7-5-18(6-8-21)22-3-1-2-4-23(22)19-10-13-26(14-11-19)20-9-12-24(15-20)16-25-17-24/h1-4,18-21,25,27H,5-17H2/t18?,20-,21?/m1/s1. The van der Waals surface area contributed by atoms with Crippen LogP contribution in [0.5, 0.6) is 0 Å². The Labute approximate surface area is 164 Å². The number of likely N-dealkylation sites (tertiary alicyclic amines) is 1. The van der Waals surface area contributed by atoms with Gasteiger partial charge in [0.05, 0.1) is 6.10 Å². The number of benzene rings is 1. The monoisotopic (exact) mass is 368 g/mol. The van der Waals surface area contributed by atoms with Gasteiger partial charge in [0, 0.05) is 19.1 Å². The smallest absolute Gasteiger partial charge is 0.0540 e. The van der Waals surface area contributed by atoms with Gasteiger partial charge in [-0.1, -0.05) is 24.3 Å². The Bertz CT molecular complexity index is 640. The van der Waals surface area contributed by atoms with E-state index in [0.29, 0.717) is 11.3 Å². The van der Waals surface area contributed by atoms with Gasteiger partial charge < -0.3 is 15.3 Å².